The van der Waals surface area contributed by atoms with E-state index in [-0.39, 0.29) is 13.0 Å². The van der Waals surface area contributed by atoms with E-state index >= 15 is 0 Å². The van der Waals surface area contributed by atoms with Crippen LogP contribution in [0.15, 0.2) is 0 Å². The fourth-order valence-electron chi connectivity index (χ4n) is 0.487. The summed E-state index contributed by atoms with van der Waals surface area (Å²) in [6.07, 6.45) is 0. The largest absolute Gasteiger partial charge is 0.388 e. The number of hydrogen-bond donors (Lipinski definition) is 2. The lowest BCUT2D eigenvalue weighted by molar-refractivity contribution is 0.00878. The van der Waals surface area contributed by atoms with Crippen LogP contribution in [-0.4, -0.2) is 23.8 Å². The maximum atomic E-state index is 8.85. The van der Waals surface area contributed by atoms with Gasteiger partial charge in [-0.25, -0.2) is 0 Å². The maximum absolute atomic E-state index is 8.85. The van der Waals surface area contributed by atoms with Gasteiger partial charge in [-0.15, -0.1) is 0 Å². The molecule has 0 amide bonds. The fourth-order valence-corrected chi connectivity index (χ4v) is 0.487. The van der Waals surface area contributed by atoms with E-state index in [2.05, 4.69) is 5.32 Å². The SMILES string of the molecule is C.CC1(O)CNC1. The third-order valence-corrected chi connectivity index (χ3v) is 1.01. The Morgan fingerprint density at radius 2 is 1.86 bits per heavy atom. The standard InChI is InChI=1S/C4H9NO.CH4/c1-4(6)2-5-3-4;/h5-6H,2-3H2,1H3;1H4. The molecule has 0 aliphatic carbocycles. The van der Waals surface area contributed by atoms with Crippen LogP contribution in [0.25, 0.3) is 0 Å². The van der Waals surface area contributed by atoms with Crippen molar-refractivity contribution in [3.8, 4) is 0 Å². The first kappa shape index (κ1) is 6.92. The number of rotatable bonds is 0. The van der Waals surface area contributed by atoms with Crippen LogP contribution in [0.4, 0.5) is 0 Å². The number of hydrogen-bond acceptors (Lipinski definition) is 2. The zero-order valence-electron chi connectivity index (χ0n) is 3.86. The Labute approximate surface area is 44.5 Å². The molecule has 0 aromatic rings. The van der Waals surface area contributed by atoms with E-state index in [0.717, 1.165) is 13.1 Å². The van der Waals surface area contributed by atoms with Gasteiger partial charge in [-0.05, 0) is 6.92 Å². The Morgan fingerprint density at radius 3 is 1.86 bits per heavy atom. The average molecular weight is 103 g/mol. The maximum Gasteiger partial charge on any atom is 0.0867 e. The van der Waals surface area contributed by atoms with Gasteiger partial charge >= 0.3 is 0 Å². The highest BCUT2D eigenvalue weighted by Gasteiger charge is 2.27. The van der Waals surface area contributed by atoms with Gasteiger partial charge in [0.05, 0.1) is 5.60 Å². The summed E-state index contributed by atoms with van der Waals surface area (Å²) < 4.78 is 0. The summed E-state index contributed by atoms with van der Waals surface area (Å²) in [6.45, 7) is 3.34. The minimum Gasteiger partial charge on any atom is -0.388 e. The summed E-state index contributed by atoms with van der Waals surface area (Å²) in [7, 11) is 0. The lowest BCUT2D eigenvalue weighted by Gasteiger charge is -2.33. The number of nitrogens with one attached hydrogen (secondary N) is 1. The predicted octanol–water partition coefficient (Wildman–Crippen LogP) is -0.0233. The van der Waals surface area contributed by atoms with Gasteiger partial charge in [0.1, 0.15) is 0 Å². The van der Waals surface area contributed by atoms with Gasteiger partial charge in [-0.1, -0.05) is 7.43 Å². The molecule has 0 bridgehead atoms. The molecule has 0 unspecified atom stereocenters. The third-order valence-electron chi connectivity index (χ3n) is 1.01. The van der Waals surface area contributed by atoms with Crippen molar-refractivity contribution in [1.82, 2.24) is 5.32 Å². The molecule has 44 valence electrons. The molecule has 1 aliphatic rings. The van der Waals surface area contributed by atoms with Gasteiger partial charge in [0, 0.05) is 13.1 Å². The molecule has 0 aromatic carbocycles. The van der Waals surface area contributed by atoms with Crippen molar-refractivity contribution in [3.05, 3.63) is 0 Å². The topological polar surface area (TPSA) is 32.3 Å². The molecule has 1 heterocycles. The molecule has 1 fully saturated rings. The molecule has 1 saturated heterocycles. The molecular weight excluding hydrogens is 90.1 g/mol. The molecule has 2 N–H and O–H groups in total. The van der Waals surface area contributed by atoms with Crippen molar-refractivity contribution in [1.29, 1.82) is 0 Å². The normalized spacial score (nSPS) is 24.9. The Morgan fingerprint density at radius 1 is 1.57 bits per heavy atom. The van der Waals surface area contributed by atoms with Crippen LogP contribution in [0.2, 0.25) is 0 Å². The number of aliphatic hydroxyl groups is 1. The van der Waals surface area contributed by atoms with E-state index in [1.165, 1.54) is 0 Å². The molecule has 1 aliphatic heterocycles. The summed E-state index contributed by atoms with van der Waals surface area (Å²) in [5.74, 6) is 0. The van der Waals surface area contributed by atoms with Crippen LogP contribution in [0, 0.1) is 0 Å². The Kier molecular flexibility index (Phi) is 1.78. The van der Waals surface area contributed by atoms with E-state index < -0.39 is 0 Å². The summed E-state index contributed by atoms with van der Waals surface area (Å²) in [4.78, 5) is 0. The van der Waals surface area contributed by atoms with Crippen molar-refractivity contribution < 1.29 is 5.11 Å². The van der Waals surface area contributed by atoms with Crippen molar-refractivity contribution in [2.24, 2.45) is 0 Å². The van der Waals surface area contributed by atoms with Crippen LogP contribution in [0.1, 0.15) is 14.4 Å². The van der Waals surface area contributed by atoms with E-state index in [1.807, 2.05) is 6.92 Å². The fraction of sp³-hybridized carbons (Fsp3) is 1.00. The monoisotopic (exact) mass is 103 g/mol. The second kappa shape index (κ2) is 1.80. The van der Waals surface area contributed by atoms with E-state index in [4.69, 9.17) is 5.11 Å². The zero-order chi connectivity index (χ0) is 4.62. The van der Waals surface area contributed by atoms with Crippen LogP contribution >= 0.6 is 0 Å². The van der Waals surface area contributed by atoms with Crippen molar-refractivity contribution in [2.45, 2.75) is 20.0 Å². The average Bonchev–Trinajstić information content (AvgIpc) is 1.32. The Bertz CT molecular complexity index is 55.1. The summed E-state index contributed by atoms with van der Waals surface area (Å²) >= 11 is 0. The van der Waals surface area contributed by atoms with Gasteiger partial charge in [0.2, 0.25) is 0 Å². The van der Waals surface area contributed by atoms with Crippen LogP contribution in [0.3, 0.4) is 0 Å². The first-order valence-corrected chi connectivity index (χ1v) is 2.14. The molecule has 0 radical (unpaired) electrons. The Hall–Kier alpha value is -0.0800. The molecular formula is C5H13NO. The van der Waals surface area contributed by atoms with E-state index in [1.54, 1.807) is 0 Å². The first-order valence-electron chi connectivity index (χ1n) is 2.14. The van der Waals surface area contributed by atoms with Crippen LogP contribution in [-0.2, 0) is 0 Å². The summed E-state index contributed by atoms with van der Waals surface area (Å²) in [5.41, 5.74) is -0.389. The van der Waals surface area contributed by atoms with Gasteiger partial charge in [-0.2, -0.15) is 0 Å². The molecule has 0 aromatic heterocycles. The quantitative estimate of drug-likeness (QED) is 0.451. The highest BCUT2D eigenvalue weighted by atomic mass is 16.3. The van der Waals surface area contributed by atoms with Crippen molar-refractivity contribution in [2.75, 3.05) is 13.1 Å². The van der Waals surface area contributed by atoms with Gasteiger partial charge < -0.3 is 10.4 Å². The van der Waals surface area contributed by atoms with Crippen LogP contribution < -0.4 is 5.32 Å². The second-order valence-corrected chi connectivity index (χ2v) is 2.10. The van der Waals surface area contributed by atoms with E-state index in [0.29, 0.717) is 0 Å². The van der Waals surface area contributed by atoms with E-state index in [9.17, 15) is 0 Å². The highest BCUT2D eigenvalue weighted by molar-refractivity contribution is 4.87. The molecule has 1 rings (SSSR count). The van der Waals surface area contributed by atoms with Crippen molar-refractivity contribution >= 4 is 0 Å². The minimum absolute atomic E-state index is 0. The molecule has 2 heteroatoms. The first-order chi connectivity index (χ1) is 2.71. The zero-order valence-corrected chi connectivity index (χ0v) is 3.86. The summed E-state index contributed by atoms with van der Waals surface area (Å²) in [5, 5.41) is 11.8. The van der Waals surface area contributed by atoms with Crippen LogP contribution in [0.5, 0.6) is 0 Å². The summed E-state index contributed by atoms with van der Waals surface area (Å²) in [6, 6.07) is 0. The molecule has 0 saturated carbocycles. The minimum atomic E-state index is -0.389. The lowest BCUT2D eigenvalue weighted by atomic mass is 10.0. The predicted molar refractivity (Wildman–Crippen MR) is 30.2 cm³/mol. The molecule has 0 spiro atoms. The van der Waals surface area contributed by atoms with Gasteiger partial charge in [-0.3, -0.25) is 0 Å². The third kappa shape index (κ3) is 1.45. The van der Waals surface area contributed by atoms with Gasteiger partial charge in [0.15, 0.2) is 0 Å². The molecule has 2 nitrogen and oxygen atoms in total. The molecule has 0 atom stereocenters. The molecule has 7 heavy (non-hydrogen) atoms. The number of β-amino-alcohol motifs (C(OH)–C–C–N with tert-alkyl or cyclic N) is 1. The van der Waals surface area contributed by atoms with Gasteiger partial charge in [0.25, 0.3) is 0 Å². The second-order valence-electron chi connectivity index (χ2n) is 2.10. The highest BCUT2D eigenvalue weighted by Crippen LogP contribution is 2.05. The van der Waals surface area contributed by atoms with Crippen molar-refractivity contribution in [3.63, 3.8) is 0 Å². The lowest BCUT2D eigenvalue weighted by Crippen LogP contribution is -2.57. The Balaban J connectivity index is 0.000000360. The smallest absolute Gasteiger partial charge is 0.0867 e.